The molecule has 114 valence electrons. The molecule has 0 saturated heterocycles. The van der Waals surface area contributed by atoms with Gasteiger partial charge in [-0.3, -0.25) is 0 Å². The van der Waals surface area contributed by atoms with Crippen LogP contribution in [0.4, 0.5) is 5.69 Å². The molecular formula is C13H21ClN2O2S2. The van der Waals surface area contributed by atoms with Crippen molar-refractivity contribution in [1.82, 2.24) is 4.72 Å². The zero-order valence-corrected chi connectivity index (χ0v) is 14.3. The molecule has 0 heterocycles. The van der Waals surface area contributed by atoms with E-state index in [-0.39, 0.29) is 16.0 Å². The Labute approximate surface area is 130 Å². The van der Waals surface area contributed by atoms with E-state index in [0.29, 0.717) is 5.69 Å². The van der Waals surface area contributed by atoms with E-state index in [1.807, 2.05) is 6.92 Å². The van der Waals surface area contributed by atoms with Crippen LogP contribution in [0.25, 0.3) is 0 Å². The van der Waals surface area contributed by atoms with Crippen LogP contribution in [0.3, 0.4) is 0 Å². The predicted octanol–water partition coefficient (Wildman–Crippen LogP) is 3.04. The molecule has 0 aliphatic heterocycles. The van der Waals surface area contributed by atoms with Crippen molar-refractivity contribution in [3.8, 4) is 0 Å². The van der Waals surface area contributed by atoms with Gasteiger partial charge in [0.05, 0.1) is 5.02 Å². The summed E-state index contributed by atoms with van der Waals surface area (Å²) in [4.78, 5) is 0.0391. The number of aryl methyl sites for hydroxylation is 1. The Morgan fingerprint density at radius 2 is 2.10 bits per heavy atom. The number of sulfonamides is 1. The molecule has 20 heavy (non-hydrogen) atoms. The molecule has 1 aromatic carbocycles. The Kier molecular flexibility index (Phi) is 6.64. The lowest BCUT2D eigenvalue weighted by atomic mass is 10.2. The molecule has 0 aromatic heterocycles. The Bertz CT molecular complexity index is 562. The van der Waals surface area contributed by atoms with Gasteiger partial charge in [0.1, 0.15) is 4.90 Å². The molecule has 0 aliphatic rings. The van der Waals surface area contributed by atoms with Gasteiger partial charge in [-0.15, -0.1) is 0 Å². The molecule has 0 aliphatic carbocycles. The number of benzene rings is 1. The Hall–Kier alpha value is -0.430. The van der Waals surface area contributed by atoms with Crippen LogP contribution in [0.15, 0.2) is 17.0 Å². The molecule has 0 fully saturated rings. The fourth-order valence-corrected chi connectivity index (χ4v) is 4.37. The second-order valence-corrected chi connectivity index (χ2v) is 8.13. The van der Waals surface area contributed by atoms with E-state index in [2.05, 4.69) is 11.6 Å². The largest absolute Gasteiger partial charge is 0.398 e. The van der Waals surface area contributed by atoms with Crippen LogP contribution >= 0.6 is 23.4 Å². The van der Waals surface area contributed by atoms with Gasteiger partial charge in [0.2, 0.25) is 10.0 Å². The molecule has 1 aromatic rings. The summed E-state index contributed by atoms with van der Waals surface area (Å²) in [6.45, 7) is 5.71. The second-order valence-electron chi connectivity index (χ2n) is 4.65. The minimum absolute atomic E-state index is 0.0391. The summed E-state index contributed by atoms with van der Waals surface area (Å²) < 4.78 is 27.2. The summed E-state index contributed by atoms with van der Waals surface area (Å²) >= 11 is 7.80. The van der Waals surface area contributed by atoms with Gasteiger partial charge < -0.3 is 5.73 Å². The van der Waals surface area contributed by atoms with Crippen molar-refractivity contribution < 1.29 is 8.42 Å². The van der Waals surface area contributed by atoms with E-state index in [1.165, 1.54) is 6.07 Å². The van der Waals surface area contributed by atoms with Crippen molar-refractivity contribution in [2.45, 2.75) is 38.1 Å². The van der Waals surface area contributed by atoms with Gasteiger partial charge in [0.25, 0.3) is 0 Å². The van der Waals surface area contributed by atoms with Crippen molar-refractivity contribution in [2.24, 2.45) is 0 Å². The van der Waals surface area contributed by atoms with Crippen LogP contribution in [0.5, 0.6) is 0 Å². The molecule has 0 spiro atoms. The summed E-state index contributed by atoms with van der Waals surface area (Å²) in [6, 6.07) is 2.84. The first kappa shape index (κ1) is 17.6. The van der Waals surface area contributed by atoms with E-state index < -0.39 is 10.0 Å². The molecule has 0 saturated carbocycles. The highest BCUT2D eigenvalue weighted by atomic mass is 35.5. The second kappa shape index (κ2) is 7.54. The van der Waals surface area contributed by atoms with Crippen molar-refractivity contribution >= 4 is 39.1 Å². The third-order valence-corrected chi connectivity index (χ3v) is 5.85. The molecule has 1 atom stereocenters. The van der Waals surface area contributed by atoms with E-state index >= 15 is 0 Å². The Morgan fingerprint density at radius 1 is 1.45 bits per heavy atom. The average Bonchev–Trinajstić information content (AvgIpc) is 2.33. The molecule has 3 N–H and O–H groups in total. The quantitative estimate of drug-likeness (QED) is 0.593. The summed E-state index contributed by atoms with van der Waals surface area (Å²) in [7, 11) is -3.64. The predicted molar refractivity (Wildman–Crippen MR) is 88.0 cm³/mol. The average molecular weight is 337 g/mol. The maximum absolute atomic E-state index is 12.3. The third kappa shape index (κ3) is 4.84. The molecule has 1 unspecified atom stereocenters. The first-order valence-electron chi connectivity index (χ1n) is 6.43. The van der Waals surface area contributed by atoms with Crippen LogP contribution in [-0.4, -0.2) is 26.0 Å². The smallest absolute Gasteiger partial charge is 0.242 e. The van der Waals surface area contributed by atoms with Crippen LogP contribution in [0, 0.1) is 6.92 Å². The van der Waals surface area contributed by atoms with Gasteiger partial charge in [-0.05, 0) is 49.5 Å². The summed E-state index contributed by atoms with van der Waals surface area (Å²) in [5.41, 5.74) is 6.95. The first-order chi connectivity index (χ1) is 9.27. The number of rotatable bonds is 7. The van der Waals surface area contributed by atoms with E-state index in [1.54, 1.807) is 24.8 Å². The molecule has 7 heteroatoms. The number of anilines is 1. The monoisotopic (exact) mass is 336 g/mol. The maximum Gasteiger partial charge on any atom is 0.242 e. The van der Waals surface area contributed by atoms with Crippen molar-refractivity contribution in [2.75, 3.05) is 17.2 Å². The van der Waals surface area contributed by atoms with Gasteiger partial charge in [-0.1, -0.05) is 18.5 Å². The van der Waals surface area contributed by atoms with Crippen molar-refractivity contribution in [3.63, 3.8) is 0 Å². The molecule has 4 nitrogen and oxygen atoms in total. The number of thioether (sulfide) groups is 1. The summed E-state index contributed by atoms with van der Waals surface area (Å²) in [5.74, 6) is 1.95. The number of hydrogen-bond acceptors (Lipinski definition) is 4. The summed E-state index contributed by atoms with van der Waals surface area (Å²) in [6.07, 6.45) is 0.775. The van der Waals surface area contributed by atoms with Crippen LogP contribution in [0.1, 0.15) is 25.8 Å². The Balaban J connectivity index is 2.86. The van der Waals surface area contributed by atoms with Gasteiger partial charge in [0, 0.05) is 11.7 Å². The lowest BCUT2D eigenvalue weighted by Gasteiger charge is -2.15. The topological polar surface area (TPSA) is 72.2 Å². The molecule has 1 rings (SSSR count). The van der Waals surface area contributed by atoms with E-state index in [9.17, 15) is 8.42 Å². The number of nitrogens with two attached hydrogens (primary N) is 1. The van der Waals surface area contributed by atoms with Gasteiger partial charge in [0.15, 0.2) is 0 Å². The highest BCUT2D eigenvalue weighted by molar-refractivity contribution is 7.99. The highest BCUT2D eigenvalue weighted by Crippen LogP contribution is 2.27. The maximum atomic E-state index is 12.3. The molecule has 0 amide bonds. The van der Waals surface area contributed by atoms with Crippen LogP contribution in [-0.2, 0) is 10.0 Å². The van der Waals surface area contributed by atoms with E-state index in [4.69, 9.17) is 17.3 Å². The van der Waals surface area contributed by atoms with Crippen molar-refractivity contribution in [1.29, 1.82) is 0 Å². The van der Waals surface area contributed by atoms with Crippen LogP contribution in [0.2, 0.25) is 5.02 Å². The number of halogens is 1. The highest BCUT2D eigenvalue weighted by Gasteiger charge is 2.21. The fraction of sp³-hybridized carbons (Fsp3) is 0.538. The van der Waals surface area contributed by atoms with Gasteiger partial charge in [-0.2, -0.15) is 11.8 Å². The third-order valence-electron chi connectivity index (χ3n) is 2.87. The zero-order valence-electron chi connectivity index (χ0n) is 11.9. The van der Waals surface area contributed by atoms with Gasteiger partial charge >= 0.3 is 0 Å². The zero-order chi connectivity index (χ0) is 15.3. The molecule has 0 radical (unpaired) electrons. The molecule has 0 bridgehead atoms. The normalized spacial score (nSPS) is 13.4. The number of nitrogens with one attached hydrogen (secondary N) is 1. The minimum Gasteiger partial charge on any atom is -0.398 e. The van der Waals surface area contributed by atoms with Crippen molar-refractivity contribution in [3.05, 3.63) is 22.7 Å². The fourth-order valence-electron chi connectivity index (χ4n) is 1.67. The lowest BCUT2D eigenvalue weighted by molar-refractivity contribution is 0.557. The minimum atomic E-state index is -3.64. The SMILES string of the molecule is CCSCCC(C)NS(=O)(=O)c1cc(N)c(C)cc1Cl. The number of hydrogen-bond donors (Lipinski definition) is 2. The summed E-state index contributed by atoms with van der Waals surface area (Å²) in [5, 5.41) is 0.194. The van der Waals surface area contributed by atoms with Gasteiger partial charge in [-0.25, -0.2) is 13.1 Å². The Morgan fingerprint density at radius 3 is 2.70 bits per heavy atom. The number of nitrogen functional groups attached to an aromatic ring is 1. The van der Waals surface area contributed by atoms with Crippen LogP contribution < -0.4 is 10.5 Å². The van der Waals surface area contributed by atoms with E-state index in [0.717, 1.165) is 23.5 Å². The first-order valence-corrected chi connectivity index (χ1v) is 9.45. The lowest BCUT2D eigenvalue weighted by Crippen LogP contribution is -2.33. The molecular weight excluding hydrogens is 316 g/mol. The standard InChI is InChI=1S/C13H21ClN2O2S2/c1-4-19-6-5-10(3)16-20(17,18)13-8-12(15)9(2)7-11(13)14/h7-8,10,16H,4-6,15H2,1-3H3.